The van der Waals surface area contributed by atoms with Gasteiger partial charge in [-0.3, -0.25) is 9.79 Å². The molecule has 1 fully saturated rings. The average molecular weight is 498 g/mol. The summed E-state index contributed by atoms with van der Waals surface area (Å²) >= 11 is 0. The van der Waals surface area contributed by atoms with Crippen LogP contribution in [-0.2, 0) is 17.9 Å². The lowest BCUT2D eigenvalue weighted by atomic mass is 9.75. The summed E-state index contributed by atoms with van der Waals surface area (Å²) in [7, 11) is 1.81. The molecule has 1 aromatic rings. The third kappa shape index (κ3) is 6.36. The van der Waals surface area contributed by atoms with Gasteiger partial charge in [-0.15, -0.1) is 24.0 Å². The normalized spacial score (nSPS) is 19.0. The van der Waals surface area contributed by atoms with E-state index in [1.165, 1.54) is 36.8 Å². The first kappa shape index (κ1) is 23.0. The highest BCUT2D eigenvalue weighted by atomic mass is 127. The van der Waals surface area contributed by atoms with Crippen LogP contribution in [0.5, 0.6) is 0 Å². The Kier molecular flexibility index (Phi) is 8.58. The molecule has 1 aliphatic carbocycles. The number of benzene rings is 1. The second-order valence-electron chi connectivity index (χ2n) is 8.70. The van der Waals surface area contributed by atoms with E-state index in [-0.39, 0.29) is 29.9 Å². The third-order valence-electron chi connectivity index (χ3n) is 5.96. The number of fused-ring (bicyclic) bond motifs is 1. The van der Waals surface area contributed by atoms with Crippen molar-refractivity contribution in [3.05, 3.63) is 35.4 Å². The molecule has 0 atom stereocenters. The number of rotatable bonds is 5. The Hall–Kier alpha value is -1.31. The first-order valence-corrected chi connectivity index (χ1v) is 10.3. The molecule has 6 heteroatoms. The number of hydrogen-bond acceptors (Lipinski definition) is 2. The van der Waals surface area contributed by atoms with E-state index in [0.717, 1.165) is 32.0 Å². The SMILES string of the molecule is CN=C(NCCCC(=O)N1Cc2ccccc2C1)NC1CCC(C)(C)CC1.I. The van der Waals surface area contributed by atoms with Crippen molar-refractivity contribution < 1.29 is 4.79 Å². The lowest BCUT2D eigenvalue weighted by molar-refractivity contribution is -0.131. The zero-order valence-corrected chi connectivity index (χ0v) is 19.8. The molecule has 5 nitrogen and oxygen atoms in total. The van der Waals surface area contributed by atoms with Crippen LogP contribution < -0.4 is 10.6 Å². The van der Waals surface area contributed by atoms with Crippen LogP contribution in [0.3, 0.4) is 0 Å². The molecule has 1 aromatic carbocycles. The van der Waals surface area contributed by atoms with E-state index in [2.05, 4.69) is 41.6 Å². The molecule has 2 N–H and O–H groups in total. The fourth-order valence-corrected chi connectivity index (χ4v) is 4.05. The quantitative estimate of drug-likeness (QED) is 0.279. The highest BCUT2D eigenvalue weighted by Gasteiger charge is 2.27. The zero-order valence-electron chi connectivity index (χ0n) is 17.5. The lowest BCUT2D eigenvalue weighted by Gasteiger charge is -2.35. The first-order chi connectivity index (χ1) is 13.0. The number of carbonyl (C=O) groups is 1. The molecule has 1 saturated carbocycles. The van der Waals surface area contributed by atoms with E-state index in [0.29, 0.717) is 17.9 Å². The minimum absolute atomic E-state index is 0. The molecule has 0 unspecified atom stereocenters. The van der Waals surface area contributed by atoms with Gasteiger partial charge in [0.1, 0.15) is 0 Å². The summed E-state index contributed by atoms with van der Waals surface area (Å²) in [5, 5.41) is 6.91. The van der Waals surface area contributed by atoms with Gasteiger partial charge >= 0.3 is 0 Å². The highest BCUT2D eigenvalue weighted by molar-refractivity contribution is 14.0. The van der Waals surface area contributed by atoms with Crippen LogP contribution in [0.4, 0.5) is 0 Å². The largest absolute Gasteiger partial charge is 0.356 e. The van der Waals surface area contributed by atoms with Crippen LogP contribution in [0.25, 0.3) is 0 Å². The molecule has 0 spiro atoms. The van der Waals surface area contributed by atoms with Crippen LogP contribution >= 0.6 is 24.0 Å². The fraction of sp³-hybridized carbons (Fsp3) is 0.636. The molecule has 0 saturated heterocycles. The molecule has 0 bridgehead atoms. The number of nitrogens with one attached hydrogen (secondary N) is 2. The number of hydrogen-bond donors (Lipinski definition) is 2. The van der Waals surface area contributed by atoms with Gasteiger partial charge in [0.2, 0.25) is 5.91 Å². The Bertz CT molecular complexity index is 654. The number of nitrogens with zero attached hydrogens (tertiary/aromatic N) is 2. The summed E-state index contributed by atoms with van der Waals surface area (Å²) in [4.78, 5) is 18.8. The predicted octanol–water partition coefficient (Wildman–Crippen LogP) is 4.06. The van der Waals surface area contributed by atoms with Gasteiger partial charge in [0.25, 0.3) is 0 Å². The van der Waals surface area contributed by atoms with Crippen molar-refractivity contribution in [2.45, 2.75) is 71.5 Å². The summed E-state index contributed by atoms with van der Waals surface area (Å²) in [5.74, 6) is 1.10. The molecule has 3 rings (SSSR count). The van der Waals surface area contributed by atoms with Gasteiger partial charge < -0.3 is 15.5 Å². The lowest BCUT2D eigenvalue weighted by Crippen LogP contribution is -2.45. The van der Waals surface area contributed by atoms with Gasteiger partial charge in [-0.1, -0.05) is 38.1 Å². The number of aliphatic imine (C=N–C) groups is 1. The molecular weight excluding hydrogens is 463 g/mol. The van der Waals surface area contributed by atoms with Crippen molar-refractivity contribution in [3.63, 3.8) is 0 Å². The number of guanidine groups is 1. The van der Waals surface area contributed by atoms with E-state index in [1.54, 1.807) is 0 Å². The molecule has 0 aromatic heterocycles. The minimum Gasteiger partial charge on any atom is -0.356 e. The van der Waals surface area contributed by atoms with Crippen molar-refractivity contribution >= 4 is 35.8 Å². The van der Waals surface area contributed by atoms with E-state index in [1.807, 2.05) is 24.1 Å². The Morgan fingerprint density at radius 2 is 1.79 bits per heavy atom. The summed E-state index contributed by atoms with van der Waals surface area (Å²) < 4.78 is 0. The Balaban J connectivity index is 0.00000280. The molecule has 1 amide bonds. The van der Waals surface area contributed by atoms with E-state index >= 15 is 0 Å². The van der Waals surface area contributed by atoms with Crippen molar-refractivity contribution in [2.75, 3.05) is 13.6 Å². The second kappa shape index (κ2) is 10.5. The van der Waals surface area contributed by atoms with Crippen LogP contribution in [0, 0.1) is 5.41 Å². The average Bonchev–Trinajstić information content (AvgIpc) is 3.09. The van der Waals surface area contributed by atoms with Gasteiger partial charge in [-0.25, -0.2) is 0 Å². The standard InChI is InChI=1S/C22H34N4O.HI/c1-22(2)12-10-19(11-13-22)25-21(23-3)24-14-6-9-20(27)26-15-17-7-4-5-8-18(17)16-26;/h4-5,7-8,19H,6,9-16H2,1-3H3,(H2,23,24,25);1H. The third-order valence-corrected chi connectivity index (χ3v) is 5.96. The maximum atomic E-state index is 12.5. The van der Waals surface area contributed by atoms with Gasteiger partial charge in [-0.05, 0) is 48.6 Å². The van der Waals surface area contributed by atoms with Crippen molar-refractivity contribution in [2.24, 2.45) is 10.4 Å². The molecule has 156 valence electrons. The van der Waals surface area contributed by atoms with Gasteiger partial charge in [0.15, 0.2) is 5.96 Å². The second-order valence-corrected chi connectivity index (χ2v) is 8.70. The van der Waals surface area contributed by atoms with Gasteiger partial charge in [0, 0.05) is 39.1 Å². The highest BCUT2D eigenvalue weighted by Crippen LogP contribution is 2.34. The van der Waals surface area contributed by atoms with Crippen molar-refractivity contribution in [1.29, 1.82) is 0 Å². The molecule has 1 heterocycles. The van der Waals surface area contributed by atoms with E-state index in [9.17, 15) is 4.79 Å². The molecule has 2 aliphatic rings. The van der Waals surface area contributed by atoms with Crippen LogP contribution in [0.2, 0.25) is 0 Å². The summed E-state index contributed by atoms with van der Waals surface area (Å²) in [6.45, 7) is 6.98. The molecule has 0 radical (unpaired) electrons. The van der Waals surface area contributed by atoms with Gasteiger partial charge in [0.05, 0.1) is 0 Å². The first-order valence-electron chi connectivity index (χ1n) is 10.3. The van der Waals surface area contributed by atoms with Crippen LogP contribution in [0.15, 0.2) is 29.3 Å². The maximum Gasteiger partial charge on any atom is 0.223 e. The van der Waals surface area contributed by atoms with E-state index < -0.39 is 0 Å². The van der Waals surface area contributed by atoms with Gasteiger partial charge in [-0.2, -0.15) is 0 Å². The number of carbonyl (C=O) groups excluding carboxylic acids is 1. The Morgan fingerprint density at radius 3 is 2.36 bits per heavy atom. The number of amides is 1. The summed E-state index contributed by atoms with van der Waals surface area (Å²) in [6, 6.07) is 8.83. The Morgan fingerprint density at radius 1 is 1.18 bits per heavy atom. The molecule has 1 aliphatic heterocycles. The smallest absolute Gasteiger partial charge is 0.223 e. The predicted molar refractivity (Wildman–Crippen MR) is 126 cm³/mol. The Labute approximate surface area is 186 Å². The number of halogens is 1. The van der Waals surface area contributed by atoms with Crippen LogP contribution in [0.1, 0.15) is 63.5 Å². The minimum atomic E-state index is 0. The summed E-state index contributed by atoms with van der Waals surface area (Å²) in [5.41, 5.74) is 3.04. The molecule has 28 heavy (non-hydrogen) atoms. The monoisotopic (exact) mass is 498 g/mol. The summed E-state index contributed by atoms with van der Waals surface area (Å²) in [6.07, 6.45) is 6.31. The topological polar surface area (TPSA) is 56.7 Å². The molecular formula is C22H35IN4O. The van der Waals surface area contributed by atoms with Crippen molar-refractivity contribution in [1.82, 2.24) is 15.5 Å². The van der Waals surface area contributed by atoms with Crippen LogP contribution in [-0.4, -0.2) is 36.4 Å². The van der Waals surface area contributed by atoms with E-state index in [4.69, 9.17) is 0 Å². The zero-order chi connectivity index (χ0) is 19.3. The fourth-order valence-electron chi connectivity index (χ4n) is 4.05. The maximum absolute atomic E-state index is 12.5. The van der Waals surface area contributed by atoms with Crippen molar-refractivity contribution in [3.8, 4) is 0 Å².